The van der Waals surface area contributed by atoms with Crippen LogP contribution in [0.4, 0.5) is 0 Å². The summed E-state index contributed by atoms with van der Waals surface area (Å²) in [5.41, 5.74) is 7.22. The molecule has 0 bridgehead atoms. The molecule has 9 nitrogen and oxygen atoms in total. The van der Waals surface area contributed by atoms with E-state index < -0.39 is 30.4 Å². The van der Waals surface area contributed by atoms with Crippen LogP contribution < -0.4 is 10.5 Å². The van der Waals surface area contributed by atoms with Crippen molar-refractivity contribution >= 4 is 17.8 Å². The molecule has 2 amide bonds. The zero-order chi connectivity index (χ0) is 21.7. The monoisotopic (exact) mass is 415 g/mol. The Morgan fingerprint density at radius 2 is 2.07 bits per heavy atom. The Kier molecular flexibility index (Phi) is 6.71. The van der Waals surface area contributed by atoms with Crippen molar-refractivity contribution in [2.24, 2.45) is 5.73 Å². The number of nitrogens with zero attached hydrogens (tertiary/aromatic N) is 2. The highest BCUT2D eigenvalue weighted by Crippen LogP contribution is 2.20. The summed E-state index contributed by atoms with van der Waals surface area (Å²) in [7, 11) is 0. The second kappa shape index (κ2) is 9.43. The number of carbonyl (C=O) groups is 3. The van der Waals surface area contributed by atoms with Crippen LogP contribution in [0.25, 0.3) is 0 Å². The fourth-order valence-corrected chi connectivity index (χ4v) is 3.40. The van der Waals surface area contributed by atoms with Crippen molar-refractivity contribution in [3.05, 3.63) is 46.8 Å². The molecule has 0 radical (unpaired) electrons. The average Bonchev–Trinajstić information content (AvgIpc) is 3.07. The van der Waals surface area contributed by atoms with E-state index in [9.17, 15) is 14.4 Å². The summed E-state index contributed by atoms with van der Waals surface area (Å²) in [5, 5.41) is 3.88. The standard InChI is InChI=1S/C21H25N3O6/c1-13-17(14(2)30-23-13)11-28-16-7-5-6-15(10-16)21(27)29-12-19(25)24-9-4-3-8-18(24)20(22)26/h5-7,10,18H,3-4,8-9,11-12H2,1-2H3,(H2,22,26)/t18-/m1/s1. The molecule has 1 saturated heterocycles. The second-order valence-electron chi connectivity index (χ2n) is 7.20. The fraction of sp³-hybridized carbons (Fsp3) is 0.429. The Morgan fingerprint density at radius 1 is 1.27 bits per heavy atom. The van der Waals surface area contributed by atoms with Gasteiger partial charge >= 0.3 is 5.97 Å². The molecule has 0 saturated carbocycles. The number of aryl methyl sites for hydroxylation is 2. The quantitative estimate of drug-likeness (QED) is 0.685. The molecule has 160 valence electrons. The van der Waals surface area contributed by atoms with Gasteiger partial charge in [-0.2, -0.15) is 0 Å². The Labute approximate surface area is 174 Å². The predicted octanol–water partition coefficient (Wildman–Crippen LogP) is 1.89. The molecule has 2 heterocycles. The zero-order valence-corrected chi connectivity index (χ0v) is 17.1. The number of esters is 1. The highest BCUT2D eigenvalue weighted by molar-refractivity contribution is 5.92. The first-order chi connectivity index (χ1) is 14.4. The van der Waals surface area contributed by atoms with Gasteiger partial charge in [0.25, 0.3) is 5.91 Å². The highest BCUT2D eigenvalue weighted by atomic mass is 16.5. The molecule has 1 fully saturated rings. The lowest BCUT2D eigenvalue weighted by molar-refractivity contribution is -0.143. The largest absolute Gasteiger partial charge is 0.489 e. The molecular weight excluding hydrogens is 390 g/mol. The number of nitrogens with two attached hydrogens (primary N) is 1. The fourth-order valence-electron chi connectivity index (χ4n) is 3.40. The lowest BCUT2D eigenvalue weighted by atomic mass is 10.0. The molecule has 1 atom stereocenters. The third-order valence-electron chi connectivity index (χ3n) is 5.11. The topological polar surface area (TPSA) is 125 Å². The van der Waals surface area contributed by atoms with Gasteiger partial charge in [-0.3, -0.25) is 9.59 Å². The first-order valence-corrected chi connectivity index (χ1v) is 9.77. The number of primary amides is 1. The van der Waals surface area contributed by atoms with Crippen LogP contribution in [0.5, 0.6) is 5.75 Å². The van der Waals surface area contributed by atoms with Crippen LogP contribution in [0.15, 0.2) is 28.8 Å². The van der Waals surface area contributed by atoms with Gasteiger partial charge < -0.3 is 24.6 Å². The Balaban J connectivity index is 1.57. The minimum atomic E-state index is -0.654. The summed E-state index contributed by atoms with van der Waals surface area (Å²) in [6.07, 6.45) is 2.14. The summed E-state index contributed by atoms with van der Waals surface area (Å²) >= 11 is 0. The molecule has 0 unspecified atom stereocenters. The van der Waals surface area contributed by atoms with Crippen LogP contribution in [0.2, 0.25) is 0 Å². The number of ether oxygens (including phenoxy) is 2. The number of carbonyl (C=O) groups excluding carboxylic acids is 3. The van der Waals surface area contributed by atoms with E-state index in [-0.39, 0.29) is 12.2 Å². The number of hydrogen-bond donors (Lipinski definition) is 1. The number of benzene rings is 1. The predicted molar refractivity (Wildman–Crippen MR) is 106 cm³/mol. The molecule has 0 spiro atoms. The Morgan fingerprint density at radius 3 is 2.77 bits per heavy atom. The van der Waals surface area contributed by atoms with Crippen molar-refractivity contribution in [2.45, 2.75) is 45.8 Å². The maximum Gasteiger partial charge on any atom is 0.338 e. The SMILES string of the molecule is Cc1noc(C)c1COc1cccc(C(=O)OCC(=O)N2CCCC[C@@H]2C(N)=O)c1. The molecule has 1 aliphatic heterocycles. The van der Waals surface area contributed by atoms with Crippen molar-refractivity contribution in [3.63, 3.8) is 0 Å². The molecule has 1 aromatic heterocycles. The van der Waals surface area contributed by atoms with Gasteiger partial charge in [0.05, 0.1) is 16.8 Å². The summed E-state index contributed by atoms with van der Waals surface area (Å²) < 4.78 is 16.0. The lowest BCUT2D eigenvalue weighted by Crippen LogP contribution is -2.51. The van der Waals surface area contributed by atoms with Crippen LogP contribution in [-0.2, 0) is 20.9 Å². The summed E-state index contributed by atoms with van der Waals surface area (Å²) in [4.78, 5) is 37.7. The zero-order valence-electron chi connectivity index (χ0n) is 17.1. The van der Waals surface area contributed by atoms with E-state index in [2.05, 4.69) is 5.16 Å². The first-order valence-electron chi connectivity index (χ1n) is 9.77. The van der Waals surface area contributed by atoms with E-state index in [1.165, 1.54) is 11.0 Å². The van der Waals surface area contributed by atoms with Crippen LogP contribution in [0.1, 0.15) is 46.6 Å². The van der Waals surface area contributed by atoms with Crippen LogP contribution >= 0.6 is 0 Å². The molecule has 30 heavy (non-hydrogen) atoms. The number of aromatic nitrogens is 1. The van der Waals surface area contributed by atoms with E-state index in [0.717, 1.165) is 24.1 Å². The smallest absolute Gasteiger partial charge is 0.338 e. The van der Waals surface area contributed by atoms with Crippen molar-refractivity contribution in [2.75, 3.05) is 13.2 Å². The number of hydrogen-bond acceptors (Lipinski definition) is 7. The number of likely N-dealkylation sites (tertiary alicyclic amines) is 1. The van der Waals surface area contributed by atoms with Crippen molar-refractivity contribution in [1.29, 1.82) is 0 Å². The minimum absolute atomic E-state index is 0.252. The van der Waals surface area contributed by atoms with Gasteiger partial charge in [-0.25, -0.2) is 4.79 Å². The lowest BCUT2D eigenvalue weighted by Gasteiger charge is -2.33. The van der Waals surface area contributed by atoms with Crippen molar-refractivity contribution in [3.8, 4) is 5.75 Å². The number of rotatable bonds is 7. The first kappa shape index (κ1) is 21.4. The van der Waals surface area contributed by atoms with E-state index >= 15 is 0 Å². The van der Waals surface area contributed by atoms with E-state index in [1.54, 1.807) is 25.1 Å². The maximum atomic E-state index is 12.4. The van der Waals surface area contributed by atoms with Gasteiger partial charge in [-0.05, 0) is 51.3 Å². The van der Waals surface area contributed by atoms with Gasteiger partial charge in [0.15, 0.2) is 6.61 Å². The van der Waals surface area contributed by atoms with Crippen molar-refractivity contribution < 1.29 is 28.4 Å². The minimum Gasteiger partial charge on any atom is -0.489 e. The number of amides is 2. The second-order valence-corrected chi connectivity index (χ2v) is 7.20. The third-order valence-corrected chi connectivity index (χ3v) is 5.11. The van der Waals surface area contributed by atoms with Gasteiger partial charge in [-0.1, -0.05) is 11.2 Å². The van der Waals surface area contributed by atoms with E-state index in [0.29, 0.717) is 24.5 Å². The van der Waals surface area contributed by atoms with Gasteiger partial charge in [-0.15, -0.1) is 0 Å². The molecule has 9 heteroatoms. The molecule has 2 aromatic rings. The highest BCUT2D eigenvalue weighted by Gasteiger charge is 2.31. The van der Waals surface area contributed by atoms with Crippen LogP contribution in [-0.4, -0.2) is 47.0 Å². The molecule has 1 aliphatic rings. The molecule has 0 aliphatic carbocycles. The number of piperidine rings is 1. The van der Waals surface area contributed by atoms with Gasteiger partial charge in [0.1, 0.15) is 24.2 Å². The van der Waals surface area contributed by atoms with Crippen molar-refractivity contribution in [1.82, 2.24) is 10.1 Å². The van der Waals surface area contributed by atoms with E-state index in [1.807, 2.05) is 6.92 Å². The van der Waals surface area contributed by atoms with Gasteiger partial charge in [0.2, 0.25) is 5.91 Å². The molecule has 2 N–H and O–H groups in total. The Hall–Kier alpha value is -3.36. The van der Waals surface area contributed by atoms with Gasteiger partial charge in [0, 0.05) is 6.54 Å². The summed E-state index contributed by atoms with van der Waals surface area (Å²) in [6.45, 7) is 3.85. The molecular formula is C21H25N3O6. The summed E-state index contributed by atoms with van der Waals surface area (Å²) in [5.74, 6) is -0.483. The average molecular weight is 415 g/mol. The normalized spacial score (nSPS) is 16.2. The van der Waals surface area contributed by atoms with Crippen LogP contribution in [0, 0.1) is 13.8 Å². The molecule has 3 rings (SSSR count). The Bertz CT molecular complexity index is 919. The molecule has 1 aromatic carbocycles. The third kappa shape index (κ3) is 4.97. The maximum absolute atomic E-state index is 12.4. The summed E-state index contributed by atoms with van der Waals surface area (Å²) in [6, 6.07) is 5.84. The van der Waals surface area contributed by atoms with E-state index in [4.69, 9.17) is 19.7 Å². The van der Waals surface area contributed by atoms with Crippen LogP contribution in [0.3, 0.4) is 0 Å².